The van der Waals surface area contributed by atoms with E-state index >= 15 is 0 Å². The van der Waals surface area contributed by atoms with Crippen LogP contribution in [0.15, 0.2) is 36.0 Å². The van der Waals surface area contributed by atoms with Crippen molar-refractivity contribution in [3.63, 3.8) is 0 Å². The second kappa shape index (κ2) is 2.90. The molecule has 1 aromatic rings. The third kappa shape index (κ3) is 1.26. The molecule has 1 aliphatic heterocycles. The van der Waals surface area contributed by atoms with E-state index in [1.54, 1.807) is 24.3 Å². The molecule has 0 aromatic heterocycles. The molecule has 0 saturated heterocycles. The highest BCUT2D eigenvalue weighted by Gasteiger charge is 2.17. The predicted molar refractivity (Wildman–Crippen MR) is 44.9 cm³/mol. The van der Waals surface area contributed by atoms with Crippen LogP contribution in [-0.2, 0) is 4.79 Å². The van der Waals surface area contributed by atoms with Gasteiger partial charge in [0, 0.05) is 0 Å². The molecule has 2 rings (SSSR count). The van der Waals surface area contributed by atoms with Gasteiger partial charge in [-0.15, -0.1) is 0 Å². The molecule has 1 heterocycles. The molecule has 0 bridgehead atoms. The number of fused-ring (bicyclic) bond motifs is 1. The summed E-state index contributed by atoms with van der Waals surface area (Å²) in [7, 11) is 0. The first kappa shape index (κ1) is 7.79. The summed E-state index contributed by atoms with van der Waals surface area (Å²) in [5, 5.41) is 2.61. The monoisotopic (exact) mass is 179 g/mol. The largest absolute Gasteiger partial charge is 0.428 e. The Labute approximate surface area is 73.8 Å². The Bertz CT molecular complexity index is 387. The Balaban J connectivity index is 2.42. The van der Waals surface area contributed by atoms with Gasteiger partial charge in [-0.3, -0.25) is 4.79 Å². The minimum Gasteiger partial charge on any atom is -0.428 e. The molecule has 0 aliphatic carbocycles. The minimum atomic E-state index is -0.895. The molecule has 66 valence electrons. The number of carbonyl (C=O) groups excluding carboxylic acids is 1. The van der Waals surface area contributed by atoms with Crippen LogP contribution in [0.1, 0.15) is 0 Å². The number of allylic oxidation sites excluding steroid dienone is 1. The number of rotatable bonds is 1. The van der Waals surface area contributed by atoms with Crippen molar-refractivity contribution in [3.05, 3.63) is 36.0 Å². The van der Waals surface area contributed by atoms with Crippen molar-refractivity contribution in [2.24, 2.45) is 0 Å². The second-order valence-electron chi connectivity index (χ2n) is 2.53. The molecule has 0 radical (unpaired) electrons. The normalized spacial score (nSPS) is 14.2. The number of anilines is 1. The fraction of sp³-hybridized carbons (Fsp3) is 0. The van der Waals surface area contributed by atoms with Crippen molar-refractivity contribution in [1.82, 2.24) is 0 Å². The van der Waals surface area contributed by atoms with E-state index in [1.807, 2.05) is 0 Å². The van der Waals surface area contributed by atoms with Gasteiger partial charge in [-0.1, -0.05) is 12.1 Å². The summed E-state index contributed by atoms with van der Waals surface area (Å²) in [6, 6.07) is 5.91. The van der Waals surface area contributed by atoms with Crippen LogP contribution in [0.3, 0.4) is 0 Å². The zero-order chi connectivity index (χ0) is 9.26. The van der Waals surface area contributed by atoms with Gasteiger partial charge in [0.1, 0.15) is 0 Å². The van der Waals surface area contributed by atoms with Crippen molar-refractivity contribution >= 4 is 12.0 Å². The summed E-state index contributed by atoms with van der Waals surface area (Å²) in [5.74, 6) is 0.380. The van der Waals surface area contributed by atoms with E-state index in [0.29, 0.717) is 17.7 Å². The van der Waals surface area contributed by atoms with Crippen LogP contribution >= 0.6 is 0 Å². The van der Waals surface area contributed by atoms with E-state index in [9.17, 15) is 9.18 Å². The molecular formula is C9H6FNO2. The fourth-order valence-electron chi connectivity index (χ4n) is 1.08. The number of carbonyl (C=O) groups is 1. The third-order valence-corrected chi connectivity index (χ3v) is 1.69. The third-order valence-electron chi connectivity index (χ3n) is 1.69. The first-order valence-corrected chi connectivity index (χ1v) is 3.70. The Morgan fingerprint density at radius 3 is 2.92 bits per heavy atom. The van der Waals surface area contributed by atoms with E-state index in [1.165, 1.54) is 0 Å². The van der Waals surface area contributed by atoms with Gasteiger partial charge in [0.2, 0.25) is 0 Å². The second-order valence-corrected chi connectivity index (χ2v) is 2.53. The highest BCUT2D eigenvalue weighted by atomic mass is 19.1. The van der Waals surface area contributed by atoms with Crippen molar-refractivity contribution in [1.29, 1.82) is 0 Å². The topological polar surface area (TPSA) is 38.3 Å². The van der Waals surface area contributed by atoms with Crippen molar-refractivity contribution in [2.75, 3.05) is 5.32 Å². The Hall–Kier alpha value is -1.84. The first-order valence-electron chi connectivity index (χ1n) is 3.70. The molecule has 1 N–H and O–H groups in total. The fourth-order valence-corrected chi connectivity index (χ4v) is 1.08. The molecule has 1 aromatic carbocycles. The van der Waals surface area contributed by atoms with Crippen LogP contribution in [0, 0.1) is 0 Å². The summed E-state index contributed by atoms with van der Waals surface area (Å²) >= 11 is 0. The number of benzene rings is 1. The molecule has 13 heavy (non-hydrogen) atoms. The number of halogens is 1. The van der Waals surface area contributed by atoms with Crippen LogP contribution in [0.2, 0.25) is 0 Å². The van der Waals surface area contributed by atoms with Crippen LogP contribution in [-0.4, -0.2) is 6.29 Å². The van der Waals surface area contributed by atoms with E-state index in [2.05, 4.69) is 5.32 Å². The number of hydrogen-bond acceptors (Lipinski definition) is 3. The van der Waals surface area contributed by atoms with E-state index in [4.69, 9.17) is 4.74 Å². The number of para-hydroxylation sites is 2. The van der Waals surface area contributed by atoms with Gasteiger partial charge in [-0.25, -0.2) is 0 Å². The van der Waals surface area contributed by atoms with Crippen molar-refractivity contribution in [2.45, 2.75) is 0 Å². The zero-order valence-electron chi connectivity index (χ0n) is 6.58. The lowest BCUT2D eigenvalue weighted by molar-refractivity contribution is -0.105. The molecule has 0 spiro atoms. The average Bonchev–Trinajstić information content (AvgIpc) is 2.17. The molecule has 4 heteroatoms. The van der Waals surface area contributed by atoms with Gasteiger partial charge in [0.05, 0.1) is 5.69 Å². The molecule has 3 nitrogen and oxygen atoms in total. The Kier molecular flexibility index (Phi) is 1.73. The maximum Gasteiger partial charge on any atom is 0.305 e. The Morgan fingerprint density at radius 1 is 1.38 bits per heavy atom. The van der Waals surface area contributed by atoms with Gasteiger partial charge < -0.3 is 10.1 Å². The standard InChI is InChI=1S/C9H6FNO2/c10-9-7(5-12)11-6-3-1-2-4-8(6)13-9/h1-5,11H. The number of ether oxygens (including phenoxy) is 1. The molecule has 0 fully saturated rings. The molecule has 0 atom stereocenters. The van der Waals surface area contributed by atoms with E-state index in [-0.39, 0.29) is 5.70 Å². The highest BCUT2D eigenvalue weighted by Crippen LogP contribution is 2.31. The van der Waals surface area contributed by atoms with Gasteiger partial charge in [-0.2, -0.15) is 4.39 Å². The quantitative estimate of drug-likeness (QED) is 0.668. The van der Waals surface area contributed by atoms with E-state index in [0.717, 1.165) is 0 Å². The first-order chi connectivity index (χ1) is 6.31. The van der Waals surface area contributed by atoms with E-state index < -0.39 is 6.01 Å². The van der Waals surface area contributed by atoms with Crippen LogP contribution in [0.5, 0.6) is 5.75 Å². The maximum absolute atomic E-state index is 12.9. The molecule has 0 unspecified atom stereocenters. The van der Waals surface area contributed by atoms with Crippen LogP contribution in [0.25, 0.3) is 0 Å². The summed E-state index contributed by atoms with van der Waals surface area (Å²) in [5.41, 5.74) is 0.407. The lowest BCUT2D eigenvalue weighted by Gasteiger charge is -2.17. The highest BCUT2D eigenvalue weighted by molar-refractivity contribution is 5.82. The summed E-state index contributed by atoms with van der Waals surface area (Å²) < 4.78 is 17.6. The number of nitrogens with one attached hydrogen (secondary N) is 1. The predicted octanol–water partition coefficient (Wildman–Crippen LogP) is 1.83. The zero-order valence-corrected chi connectivity index (χ0v) is 6.58. The molecule has 0 amide bonds. The maximum atomic E-state index is 12.9. The van der Waals surface area contributed by atoms with Crippen LogP contribution in [0.4, 0.5) is 10.1 Å². The minimum absolute atomic E-state index is 0.182. The van der Waals surface area contributed by atoms with Gasteiger partial charge >= 0.3 is 6.01 Å². The summed E-state index contributed by atoms with van der Waals surface area (Å²) in [6.07, 6.45) is 0.380. The van der Waals surface area contributed by atoms with Gasteiger partial charge in [-0.05, 0) is 12.1 Å². The number of hydrogen-bond donors (Lipinski definition) is 1. The number of aldehydes is 1. The molecular weight excluding hydrogens is 173 g/mol. The van der Waals surface area contributed by atoms with Gasteiger partial charge in [0.25, 0.3) is 0 Å². The lowest BCUT2D eigenvalue weighted by atomic mass is 10.2. The van der Waals surface area contributed by atoms with Gasteiger partial charge in [0.15, 0.2) is 17.7 Å². The Morgan fingerprint density at radius 2 is 2.15 bits per heavy atom. The summed E-state index contributed by atoms with van der Waals surface area (Å²) in [6.45, 7) is 0. The smallest absolute Gasteiger partial charge is 0.305 e. The summed E-state index contributed by atoms with van der Waals surface area (Å²) in [4.78, 5) is 10.3. The SMILES string of the molecule is O=CC1=C(F)Oc2ccccc2N1. The molecule has 1 aliphatic rings. The lowest BCUT2D eigenvalue weighted by Crippen LogP contribution is -2.12. The van der Waals surface area contributed by atoms with Crippen molar-refractivity contribution in [3.8, 4) is 5.75 Å². The molecule has 0 saturated carbocycles. The van der Waals surface area contributed by atoms with Crippen LogP contribution < -0.4 is 10.1 Å². The van der Waals surface area contributed by atoms with Crippen molar-refractivity contribution < 1.29 is 13.9 Å². The average molecular weight is 179 g/mol.